The van der Waals surface area contributed by atoms with Gasteiger partial charge in [-0.05, 0) is 24.6 Å². The van der Waals surface area contributed by atoms with Gasteiger partial charge in [0.05, 0.1) is 22.3 Å². The highest BCUT2D eigenvalue weighted by atomic mass is 35.5. The first-order valence-electron chi connectivity index (χ1n) is 5.54. The Morgan fingerprint density at radius 3 is 2.79 bits per heavy atom. The zero-order valence-electron chi connectivity index (χ0n) is 10.4. The first-order valence-corrected chi connectivity index (χ1v) is 5.91. The highest BCUT2D eigenvalue weighted by molar-refractivity contribution is 6.33. The lowest BCUT2D eigenvalue weighted by atomic mass is 10.1. The van der Waals surface area contributed by atoms with E-state index in [0.717, 1.165) is 0 Å². The van der Waals surface area contributed by atoms with Gasteiger partial charge in [0.1, 0.15) is 0 Å². The number of ether oxygens (including phenoxy) is 1. The molecule has 0 aliphatic rings. The second-order valence-corrected chi connectivity index (χ2v) is 4.28. The molecule has 1 aromatic rings. The van der Waals surface area contributed by atoms with Crippen molar-refractivity contribution in [2.75, 3.05) is 19.0 Å². The minimum Gasteiger partial charge on any atom is -0.478 e. The zero-order chi connectivity index (χ0) is 14.4. The molecule has 0 spiro atoms. The van der Waals surface area contributed by atoms with Gasteiger partial charge >= 0.3 is 5.97 Å². The second-order valence-electron chi connectivity index (χ2n) is 3.88. The van der Waals surface area contributed by atoms with Gasteiger partial charge in [-0.25, -0.2) is 4.79 Å². The van der Waals surface area contributed by atoms with E-state index >= 15 is 0 Å². The highest BCUT2D eigenvalue weighted by Gasteiger charge is 2.15. The molecular formula is C12H15ClN2O4. The van der Waals surface area contributed by atoms with E-state index in [-0.39, 0.29) is 16.3 Å². The minimum absolute atomic E-state index is 0.0326. The van der Waals surface area contributed by atoms with E-state index in [2.05, 4.69) is 5.32 Å². The van der Waals surface area contributed by atoms with Crippen molar-refractivity contribution in [2.45, 2.75) is 12.5 Å². The molecule has 1 aromatic carbocycles. The Labute approximate surface area is 115 Å². The third kappa shape index (κ3) is 4.51. The molecular weight excluding hydrogens is 272 g/mol. The van der Waals surface area contributed by atoms with Crippen LogP contribution < -0.4 is 11.1 Å². The van der Waals surface area contributed by atoms with Gasteiger partial charge in [-0.15, -0.1) is 0 Å². The van der Waals surface area contributed by atoms with Crippen LogP contribution in [-0.2, 0) is 9.53 Å². The van der Waals surface area contributed by atoms with Crippen LogP contribution in [-0.4, -0.2) is 36.7 Å². The zero-order valence-corrected chi connectivity index (χ0v) is 11.1. The number of nitrogens with two attached hydrogens (primary N) is 1. The van der Waals surface area contributed by atoms with Crippen molar-refractivity contribution in [3.05, 3.63) is 28.8 Å². The first kappa shape index (κ1) is 15.4. The molecule has 4 N–H and O–H groups in total. The molecule has 0 radical (unpaired) electrons. The molecule has 0 heterocycles. The summed E-state index contributed by atoms with van der Waals surface area (Å²) in [5.74, 6) is -1.54. The number of hydrogen-bond acceptors (Lipinski definition) is 4. The highest BCUT2D eigenvalue weighted by Crippen LogP contribution is 2.23. The van der Waals surface area contributed by atoms with E-state index in [4.69, 9.17) is 27.2 Å². The number of hydrogen-bond donors (Lipinski definition) is 3. The quantitative estimate of drug-likeness (QED) is 0.732. The normalized spacial score (nSPS) is 11.9. The Balaban J connectivity index is 2.78. The molecule has 0 fully saturated rings. The largest absolute Gasteiger partial charge is 0.478 e. The van der Waals surface area contributed by atoms with E-state index in [1.165, 1.54) is 25.3 Å². The van der Waals surface area contributed by atoms with Gasteiger partial charge in [0.15, 0.2) is 0 Å². The van der Waals surface area contributed by atoms with Crippen LogP contribution in [0, 0.1) is 0 Å². The van der Waals surface area contributed by atoms with Crippen LogP contribution in [0.1, 0.15) is 16.8 Å². The summed E-state index contributed by atoms with van der Waals surface area (Å²) in [7, 11) is 1.51. The molecule has 0 aromatic heterocycles. The molecule has 0 aliphatic carbocycles. The molecule has 0 bridgehead atoms. The van der Waals surface area contributed by atoms with Crippen molar-refractivity contribution < 1.29 is 19.4 Å². The van der Waals surface area contributed by atoms with Gasteiger partial charge in [-0.1, -0.05) is 11.6 Å². The number of amides is 1. The summed E-state index contributed by atoms with van der Waals surface area (Å²) in [5, 5.41) is 11.6. The Hall–Kier alpha value is -1.63. The van der Waals surface area contributed by atoms with Crippen LogP contribution in [0.2, 0.25) is 5.02 Å². The van der Waals surface area contributed by atoms with Gasteiger partial charge < -0.3 is 20.9 Å². The summed E-state index contributed by atoms with van der Waals surface area (Å²) in [5.41, 5.74) is 5.90. The molecule has 0 aliphatic heterocycles. The van der Waals surface area contributed by atoms with E-state index in [0.29, 0.717) is 13.0 Å². The molecule has 1 rings (SSSR count). The molecule has 6 nitrogen and oxygen atoms in total. The molecule has 19 heavy (non-hydrogen) atoms. The van der Waals surface area contributed by atoms with Crippen LogP contribution >= 0.6 is 11.6 Å². The van der Waals surface area contributed by atoms with Crippen LogP contribution in [0.15, 0.2) is 18.2 Å². The molecule has 7 heteroatoms. The van der Waals surface area contributed by atoms with Crippen molar-refractivity contribution in [3.8, 4) is 0 Å². The average molecular weight is 287 g/mol. The number of rotatable bonds is 6. The number of aromatic carboxylic acids is 1. The number of carbonyl (C=O) groups is 2. The summed E-state index contributed by atoms with van der Waals surface area (Å²) in [6, 6.07) is 3.29. The van der Waals surface area contributed by atoms with Crippen LogP contribution in [0.25, 0.3) is 0 Å². The lowest BCUT2D eigenvalue weighted by Crippen LogP contribution is -2.36. The molecule has 1 atom stereocenters. The topological polar surface area (TPSA) is 102 Å². The van der Waals surface area contributed by atoms with Gasteiger partial charge in [0.2, 0.25) is 5.91 Å². The molecule has 1 amide bonds. The fourth-order valence-corrected chi connectivity index (χ4v) is 1.52. The van der Waals surface area contributed by atoms with Crippen molar-refractivity contribution in [3.63, 3.8) is 0 Å². The van der Waals surface area contributed by atoms with Crippen LogP contribution in [0.3, 0.4) is 0 Å². The maximum atomic E-state index is 11.8. The van der Waals surface area contributed by atoms with Crippen molar-refractivity contribution in [1.82, 2.24) is 0 Å². The van der Waals surface area contributed by atoms with Crippen molar-refractivity contribution >= 4 is 29.2 Å². The van der Waals surface area contributed by atoms with Gasteiger partial charge in [0, 0.05) is 13.7 Å². The van der Waals surface area contributed by atoms with Crippen molar-refractivity contribution in [1.29, 1.82) is 0 Å². The Kier molecular flexibility index (Phi) is 5.75. The summed E-state index contributed by atoms with van der Waals surface area (Å²) in [6.45, 7) is 0.359. The standard InChI is InChI=1S/C12H15ClN2O4/c1-19-5-4-9(14)11(16)15-10-6-7(12(17)18)2-3-8(10)13/h2-3,6,9H,4-5,14H2,1H3,(H,15,16)(H,17,18). The number of nitrogens with one attached hydrogen (secondary N) is 1. The second kappa shape index (κ2) is 7.08. The van der Waals surface area contributed by atoms with E-state index in [9.17, 15) is 9.59 Å². The number of carboxylic acids is 1. The minimum atomic E-state index is -1.10. The number of halogens is 1. The SMILES string of the molecule is COCCC(N)C(=O)Nc1cc(C(=O)O)ccc1Cl. The number of anilines is 1. The predicted molar refractivity (Wildman–Crippen MR) is 71.5 cm³/mol. The number of carbonyl (C=O) groups excluding carboxylic acids is 1. The lowest BCUT2D eigenvalue weighted by molar-refractivity contribution is -0.117. The van der Waals surface area contributed by atoms with E-state index < -0.39 is 17.9 Å². The average Bonchev–Trinajstić information content (AvgIpc) is 2.38. The first-order chi connectivity index (χ1) is 8.95. The summed E-state index contributed by atoms with van der Waals surface area (Å²) >= 11 is 5.88. The molecule has 1 unspecified atom stereocenters. The maximum Gasteiger partial charge on any atom is 0.335 e. The fraction of sp³-hybridized carbons (Fsp3) is 0.333. The van der Waals surface area contributed by atoms with Gasteiger partial charge in [-0.3, -0.25) is 4.79 Å². The monoisotopic (exact) mass is 286 g/mol. The smallest absolute Gasteiger partial charge is 0.335 e. The van der Waals surface area contributed by atoms with Crippen LogP contribution in [0.5, 0.6) is 0 Å². The third-order valence-corrected chi connectivity index (χ3v) is 2.77. The number of carboxylic acid groups (broad SMARTS) is 1. The van der Waals surface area contributed by atoms with Gasteiger partial charge in [0.25, 0.3) is 0 Å². The maximum absolute atomic E-state index is 11.8. The van der Waals surface area contributed by atoms with Crippen molar-refractivity contribution in [2.24, 2.45) is 5.73 Å². The summed E-state index contributed by atoms with van der Waals surface area (Å²) < 4.78 is 4.82. The Morgan fingerprint density at radius 1 is 1.53 bits per heavy atom. The molecule has 0 saturated carbocycles. The fourth-order valence-electron chi connectivity index (χ4n) is 1.36. The lowest BCUT2D eigenvalue weighted by Gasteiger charge is -2.13. The molecule has 104 valence electrons. The summed E-state index contributed by atoms with van der Waals surface area (Å²) in [6.07, 6.45) is 0.360. The van der Waals surface area contributed by atoms with E-state index in [1.807, 2.05) is 0 Å². The van der Waals surface area contributed by atoms with E-state index in [1.54, 1.807) is 0 Å². The summed E-state index contributed by atoms with van der Waals surface area (Å²) in [4.78, 5) is 22.6. The predicted octanol–water partition coefficient (Wildman–Crippen LogP) is 1.34. The Bertz CT molecular complexity index is 479. The van der Waals surface area contributed by atoms with Gasteiger partial charge in [-0.2, -0.15) is 0 Å². The van der Waals surface area contributed by atoms with Crippen LogP contribution in [0.4, 0.5) is 5.69 Å². The Morgan fingerprint density at radius 2 is 2.21 bits per heavy atom. The number of benzene rings is 1. The molecule has 0 saturated heterocycles. The number of methoxy groups -OCH3 is 1. The third-order valence-electron chi connectivity index (χ3n) is 2.44.